The molecule has 0 atom stereocenters. The molecule has 0 amide bonds. The Balaban J connectivity index is 0.00000363. The van der Waals surface area contributed by atoms with Crippen LogP contribution in [0.2, 0.25) is 0 Å². The Morgan fingerprint density at radius 2 is 1.81 bits per heavy atom. The summed E-state index contributed by atoms with van der Waals surface area (Å²) < 4.78 is 11.2. The van der Waals surface area contributed by atoms with E-state index in [0.717, 1.165) is 40.9 Å². The highest BCUT2D eigenvalue weighted by Crippen LogP contribution is 2.16. The highest BCUT2D eigenvalue weighted by atomic mass is 127. The van der Waals surface area contributed by atoms with E-state index in [2.05, 4.69) is 32.5 Å². The molecule has 2 aromatic heterocycles. The van der Waals surface area contributed by atoms with Gasteiger partial charge in [-0.15, -0.1) is 35.3 Å². The number of hydrogen-bond acceptors (Lipinski definition) is 6. The van der Waals surface area contributed by atoms with Gasteiger partial charge in [0, 0.05) is 43.7 Å². The largest absolute Gasteiger partial charge is 0.490 e. The molecule has 2 N–H and O–H groups in total. The first-order chi connectivity index (χ1) is 15.1. The molecule has 0 unspecified atom stereocenters. The normalized spacial score (nSPS) is 10.9. The average Bonchev–Trinajstić information content (AvgIpc) is 3.12. The minimum absolute atomic E-state index is 0. The number of halogens is 1. The summed E-state index contributed by atoms with van der Waals surface area (Å²) in [7, 11) is 1.76. The van der Waals surface area contributed by atoms with Gasteiger partial charge in [-0.05, 0) is 31.5 Å². The molecule has 0 bridgehead atoms. The van der Waals surface area contributed by atoms with Crippen LogP contribution < -0.4 is 20.1 Å². The van der Waals surface area contributed by atoms with E-state index in [1.165, 1.54) is 4.88 Å². The summed E-state index contributed by atoms with van der Waals surface area (Å²) in [6.07, 6.45) is 2.68. The van der Waals surface area contributed by atoms with E-state index in [0.29, 0.717) is 25.6 Å². The van der Waals surface area contributed by atoms with Crippen LogP contribution in [-0.4, -0.2) is 42.7 Å². The second-order valence-electron chi connectivity index (χ2n) is 6.87. The van der Waals surface area contributed by atoms with Gasteiger partial charge >= 0.3 is 0 Å². The lowest BCUT2D eigenvalue weighted by molar-refractivity contribution is 0.212. The standard InChI is InChI=1S/C23H29N5O2S.HI/c1-17-18(2)31-22(28-17)11-12-25-23(24-3)27-16-19-9-10-21(26-15-19)30-14-13-29-20-7-5-4-6-8-20;/h4-10,15H,11-14,16H2,1-3H3,(H2,24,25,27);1H. The predicted octanol–water partition coefficient (Wildman–Crippen LogP) is 4.14. The van der Waals surface area contributed by atoms with E-state index >= 15 is 0 Å². The van der Waals surface area contributed by atoms with Crippen LogP contribution in [-0.2, 0) is 13.0 Å². The monoisotopic (exact) mass is 567 g/mol. The van der Waals surface area contributed by atoms with Gasteiger partial charge in [0.2, 0.25) is 5.88 Å². The van der Waals surface area contributed by atoms with E-state index < -0.39 is 0 Å². The molecule has 9 heteroatoms. The number of aromatic nitrogens is 2. The number of nitrogens with zero attached hydrogens (tertiary/aromatic N) is 3. The number of rotatable bonds is 10. The molecule has 0 spiro atoms. The maximum Gasteiger partial charge on any atom is 0.213 e. The van der Waals surface area contributed by atoms with Crippen LogP contribution in [0.3, 0.4) is 0 Å². The molecule has 0 aliphatic heterocycles. The quantitative estimate of drug-likeness (QED) is 0.166. The zero-order valence-electron chi connectivity index (χ0n) is 18.6. The molecule has 3 rings (SSSR count). The van der Waals surface area contributed by atoms with Gasteiger partial charge in [0.25, 0.3) is 0 Å². The Kier molecular flexibility index (Phi) is 11.2. The van der Waals surface area contributed by atoms with E-state index in [4.69, 9.17) is 9.47 Å². The van der Waals surface area contributed by atoms with Crippen molar-refractivity contribution in [3.63, 3.8) is 0 Å². The highest BCUT2D eigenvalue weighted by Gasteiger charge is 2.05. The maximum absolute atomic E-state index is 5.64. The molecule has 0 fully saturated rings. The number of aliphatic imine (C=N–C) groups is 1. The molecule has 0 saturated heterocycles. The van der Waals surface area contributed by atoms with Crippen molar-refractivity contribution in [1.29, 1.82) is 0 Å². The predicted molar refractivity (Wildman–Crippen MR) is 141 cm³/mol. The van der Waals surface area contributed by atoms with Crippen molar-refractivity contribution < 1.29 is 9.47 Å². The van der Waals surface area contributed by atoms with Crippen LogP contribution in [0.15, 0.2) is 53.7 Å². The zero-order chi connectivity index (χ0) is 21.9. The van der Waals surface area contributed by atoms with Crippen LogP contribution in [0.25, 0.3) is 0 Å². The van der Waals surface area contributed by atoms with E-state index in [1.54, 1.807) is 24.6 Å². The maximum atomic E-state index is 5.64. The second kappa shape index (κ2) is 13.9. The summed E-state index contributed by atoms with van der Waals surface area (Å²) in [5.41, 5.74) is 2.16. The minimum Gasteiger partial charge on any atom is -0.490 e. The molecule has 0 radical (unpaired) electrons. The van der Waals surface area contributed by atoms with Gasteiger partial charge in [-0.1, -0.05) is 24.3 Å². The molecule has 0 saturated carbocycles. The molecule has 172 valence electrons. The topological polar surface area (TPSA) is 80.7 Å². The molecule has 0 aliphatic rings. The number of guanidine groups is 1. The van der Waals surface area contributed by atoms with Crippen LogP contribution in [0.1, 0.15) is 21.1 Å². The Morgan fingerprint density at radius 3 is 2.47 bits per heavy atom. The third kappa shape index (κ3) is 8.62. The van der Waals surface area contributed by atoms with Gasteiger partial charge in [-0.3, -0.25) is 4.99 Å². The van der Waals surface area contributed by atoms with Crippen LogP contribution in [0.5, 0.6) is 11.6 Å². The first kappa shape index (κ1) is 25.9. The van der Waals surface area contributed by atoms with Crippen molar-refractivity contribution in [2.45, 2.75) is 26.8 Å². The van der Waals surface area contributed by atoms with Crippen molar-refractivity contribution >= 4 is 41.3 Å². The smallest absolute Gasteiger partial charge is 0.213 e. The molecular formula is C23H30IN5O2S. The summed E-state index contributed by atoms with van der Waals surface area (Å²) >= 11 is 1.75. The van der Waals surface area contributed by atoms with Gasteiger partial charge in [0.05, 0.1) is 10.7 Å². The molecule has 1 aromatic carbocycles. The first-order valence-corrected chi connectivity index (χ1v) is 11.1. The summed E-state index contributed by atoms with van der Waals surface area (Å²) in [6, 6.07) is 13.5. The van der Waals surface area contributed by atoms with Gasteiger partial charge in [0.1, 0.15) is 19.0 Å². The number of ether oxygens (including phenoxy) is 2. The minimum atomic E-state index is 0. The van der Waals surface area contributed by atoms with E-state index in [-0.39, 0.29) is 24.0 Å². The fourth-order valence-corrected chi connectivity index (χ4v) is 3.70. The van der Waals surface area contributed by atoms with E-state index in [9.17, 15) is 0 Å². The molecule has 0 aliphatic carbocycles. The van der Waals surface area contributed by atoms with Gasteiger partial charge in [-0.25, -0.2) is 9.97 Å². The van der Waals surface area contributed by atoms with Gasteiger partial charge in [0.15, 0.2) is 5.96 Å². The fourth-order valence-electron chi connectivity index (χ4n) is 2.76. The zero-order valence-corrected chi connectivity index (χ0v) is 21.8. The molecular weight excluding hydrogens is 537 g/mol. The van der Waals surface area contributed by atoms with Crippen molar-refractivity contribution in [3.8, 4) is 11.6 Å². The number of thiazole rings is 1. The molecule has 32 heavy (non-hydrogen) atoms. The first-order valence-electron chi connectivity index (χ1n) is 10.3. The lowest BCUT2D eigenvalue weighted by atomic mass is 10.3. The van der Waals surface area contributed by atoms with Gasteiger partial charge in [-0.2, -0.15) is 0 Å². The number of nitrogens with one attached hydrogen (secondary N) is 2. The Bertz CT molecular complexity index is 945. The number of pyridine rings is 1. The Hall–Kier alpha value is -2.40. The lowest BCUT2D eigenvalue weighted by Gasteiger charge is -2.12. The average molecular weight is 567 g/mol. The highest BCUT2D eigenvalue weighted by molar-refractivity contribution is 14.0. The van der Waals surface area contributed by atoms with Crippen molar-refractivity contribution in [2.24, 2.45) is 4.99 Å². The SMILES string of the molecule is CN=C(NCCc1nc(C)c(C)s1)NCc1ccc(OCCOc2ccccc2)nc1.I. The molecule has 7 nitrogen and oxygen atoms in total. The third-order valence-electron chi connectivity index (χ3n) is 4.53. The van der Waals surface area contributed by atoms with Crippen molar-refractivity contribution in [1.82, 2.24) is 20.6 Å². The van der Waals surface area contributed by atoms with Crippen LogP contribution in [0.4, 0.5) is 0 Å². The summed E-state index contributed by atoms with van der Waals surface area (Å²) in [4.78, 5) is 14.5. The lowest BCUT2D eigenvalue weighted by Crippen LogP contribution is -2.37. The molecule has 3 aromatic rings. The number of hydrogen-bond donors (Lipinski definition) is 2. The van der Waals surface area contributed by atoms with Crippen molar-refractivity contribution in [2.75, 3.05) is 26.8 Å². The summed E-state index contributed by atoms with van der Waals surface area (Å²) in [5, 5.41) is 7.77. The number of aryl methyl sites for hydroxylation is 2. The summed E-state index contributed by atoms with van der Waals surface area (Å²) in [5.74, 6) is 2.17. The second-order valence-corrected chi connectivity index (χ2v) is 8.15. The Labute approximate surface area is 210 Å². The third-order valence-corrected chi connectivity index (χ3v) is 5.66. The number of para-hydroxylation sites is 1. The fraction of sp³-hybridized carbons (Fsp3) is 0.348. The summed E-state index contributed by atoms with van der Waals surface area (Å²) in [6.45, 7) is 6.46. The Morgan fingerprint density at radius 1 is 1.03 bits per heavy atom. The van der Waals surface area contributed by atoms with Crippen LogP contribution >= 0.6 is 35.3 Å². The van der Waals surface area contributed by atoms with Crippen molar-refractivity contribution in [3.05, 3.63) is 69.8 Å². The molecule has 2 heterocycles. The van der Waals surface area contributed by atoms with Gasteiger partial charge < -0.3 is 20.1 Å². The number of benzene rings is 1. The van der Waals surface area contributed by atoms with E-state index in [1.807, 2.05) is 49.4 Å². The van der Waals surface area contributed by atoms with Crippen LogP contribution in [0, 0.1) is 13.8 Å².